The van der Waals surface area contributed by atoms with E-state index in [-0.39, 0.29) is 6.29 Å². The molecule has 1 fully saturated rings. The summed E-state index contributed by atoms with van der Waals surface area (Å²) in [5.41, 5.74) is 1.32. The number of nitrogens with one attached hydrogen (secondary N) is 1. The van der Waals surface area contributed by atoms with Crippen LogP contribution in [0.3, 0.4) is 0 Å². The first kappa shape index (κ1) is 13.0. The van der Waals surface area contributed by atoms with Gasteiger partial charge in [0.1, 0.15) is 0 Å². The molecule has 1 heterocycles. The number of benzene rings is 1. The van der Waals surface area contributed by atoms with Crippen LogP contribution < -0.4 is 5.32 Å². The van der Waals surface area contributed by atoms with E-state index in [1.165, 1.54) is 5.56 Å². The minimum Gasteiger partial charge on any atom is -0.350 e. The van der Waals surface area contributed by atoms with Crippen LogP contribution in [0, 0.1) is 0 Å². The van der Waals surface area contributed by atoms with E-state index in [9.17, 15) is 0 Å². The Morgan fingerprint density at radius 1 is 1.29 bits per heavy atom. The Morgan fingerprint density at radius 3 is 2.53 bits per heavy atom. The van der Waals surface area contributed by atoms with Gasteiger partial charge in [-0.1, -0.05) is 28.1 Å². The largest absolute Gasteiger partial charge is 0.350 e. The zero-order valence-corrected chi connectivity index (χ0v) is 11.6. The maximum absolute atomic E-state index is 5.47. The number of rotatable bonds is 5. The molecule has 1 atom stereocenters. The summed E-state index contributed by atoms with van der Waals surface area (Å²) in [6.07, 6.45) is 1.85. The molecular weight excluding hydrogens is 282 g/mol. The molecule has 1 unspecified atom stereocenters. The second-order valence-electron chi connectivity index (χ2n) is 4.22. The van der Waals surface area contributed by atoms with Crippen molar-refractivity contribution >= 4 is 15.9 Å². The van der Waals surface area contributed by atoms with Crippen LogP contribution in [0.2, 0.25) is 0 Å². The normalized spacial score (nSPS) is 18.5. The fourth-order valence-electron chi connectivity index (χ4n) is 1.98. The van der Waals surface area contributed by atoms with Crippen molar-refractivity contribution in [3.8, 4) is 0 Å². The summed E-state index contributed by atoms with van der Waals surface area (Å²) in [5, 5.41) is 3.32. The van der Waals surface area contributed by atoms with Gasteiger partial charge in [0.2, 0.25) is 0 Å². The first-order chi connectivity index (χ1) is 8.28. The Morgan fingerprint density at radius 2 is 1.94 bits per heavy atom. The Kier molecular flexibility index (Phi) is 4.98. The van der Waals surface area contributed by atoms with Crippen LogP contribution in [0.5, 0.6) is 0 Å². The topological polar surface area (TPSA) is 30.5 Å². The zero-order valence-electron chi connectivity index (χ0n) is 9.99. The molecule has 1 saturated heterocycles. The summed E-state index contributed by atoms with van der Waals surface area (Å²) in [4.78, 5) is 0. The number of likely N-dealkylation sites (N-methyl/N-ethyl adjacent to an activating group) is 1. The summed E-state index contributed by atoms with van der Waals surface area (Å²) >= 11 is 3.44. The molecule has 0 spiro atoms. The summed E-state index contributed by atoms with van der Waals surface area (Å²) in [6, 6.07) is 8.82. The van der Waals surface area contributed by atoms with E-state index in [1.54, 1.807) is 0 Å². The Hall–Kier alpha value is -0.420. The average molecular weight is 300 g/mol. The van der Waals surface area contributed by atoms with Crippen molar-refractivity contribution in [2.24, 2.45) is 0 Å². The average Bonchev–Trinajstić information content (AvgIpc) is 2.84. The lowest BCUT2D eigenvalue weighted by atomic mass is 10.0. The predicted octanol–water partition coefficient (Wildman–Crippen LogP) is 2.34. The molecule has 0 aliphatic carbocycles. The van der Waals surface area contributed by atoms with Gasteiger partial charge in [-0.25, -0.2) is 0 Å². The van der Waals surface area contributed by atoms with Gasteiger partial charge in [0, 0.05) is 16.9 Å². The van der Waals surface area contributed by atoms with Crippen LogP contribution in [0.15, 0.2) is 28.7 Å². The zero-order chi connectivity index (χ0) is 12.1. The van der Waals surface area contributed by atoms with E-state index in [0.717, 1.165) is 30.5 Å². The third-order valence-electron chi connectivity index (χ3n) is 2.97. The van der Waals surface area contributed by atoms with E-state index in [1.807, 2.05) is 7.05 Å². The van der Waals surface area contributed by atoms with E-state index < -0.39 is 0 Å². The van der Waals surface area contributed by atoms with Crippen LogP contribution in [0.25, 0.3) is 0 Å². The lowest BCUT2D eigenvalue weighted by Gasteiger charge is -2.19. The fourth-order valence-corrected chi connectivity index (χ4v) is 2.25. The standard InChI is InChI=1S/C13H18BrNO2/c1-15-12(9-13-16-6-7-17-13)8-10-2-4-11(14)5-3-10/h2-5,12-13,15H,6-9H2,1H3. The Balaban J connectivity index is 1.87. The molecule has 1 aliphatic rings. The molecule has 0 radical (unpaired) electrons. The number of hydrogen-bond acceptors (Lipinski definition) is 3. The molecule has 3 nitrogen and oxygen atoms in total. The van der Waals surface area contributed by atoms with E-state index in [0.29, 0.717) is 6.04 Å². The minimum absolute atomic E-state index is 0.0390. The predicted molar refractivity (Wildman–Crippen MR) is 71.0 cm³/mol. The highest BCUT2D eigenvalue weighted by Gasteiger charge is 2.20. The SMILES string of the molecule is CNC(Cc1ccc(Br)cc1)CC1OCCO1. The first-order valence-electron chi connectivity index (χ1n) is 5.93. The summed E-state index contributed by atoms with van der Waals surface area (Å²) in [7, 11) is 1.98. The molecule has 2 rings (SSSR count). The minimum atomic E-state index is -0.0390. The van der Waals surface area contributed by atoms with E-state index >= 15 is 0 Å². The molecule has 0 aromatic heterocycles. The maximum atomic E-state index is 5.47. The number of halogens is 1. The summed E-state index contributed by atoms with van der Waals surface area (Å²) in [5.74, 6) is 0. The van der Waals surface area contributed by atoms with Gasteiger partial charge in [-0.2, -0.15) is 0 Å². The highest BCUT2D eigenvalue weighted by atomic mass is 79.9. The van der Waals surface area contributed by atoms with Crippen LogP contribution in [0.4, 0.5) is 0 Å². The van der Waals surface area contributed by atoms with Crippen molar-refractivity contribution in [2.45, 2.75) is 25.2 Å². The van der Waals surface area contributed by atoms with Crippen molar-refractivity contribution in [3.05, 3.63) is 34.3 Å². The van der Waals surface area contributed by atoms with Crippen molar-refractivity contribution in [1.29, 1.82) is 0 Å². The molecule has 1 N–H and O–H groups in total. The lowest BCUT2D eigenvalue weighted by molar-refractivity contribution is -0.0522. The van der Waals surface area contributed by atoms with Gasteiger partial charge in [0.15, 0.2) is 6.29 Å². The summed E-state index contributed by atoms with van der Waals surface area (Å²) in [6.45, 7) is 1.44. The molecule has 94 valence electrons. The van der Waals surface area contributed by atoms with Crippen molar-refractivity contribution < 1.29 is 9.47 Å². The molecule has 4 heteroatoms. The number of hydrogen-bond donors (Lipinski definition) is 1. The quantitative estimate of drug-likeness (QED) is 0.905. The second-order valence-corrected chi connectivity index (χ2v) is 5.14. The summed E-state index contributed by atoms with van der Waals surface area (Å²) < 4.78 is 12.1. The Labute approximate surface area is 111 Å². The molecule has 17 heavy (non-hydrogen) atoms. The van der Waals surface area contributed by atoms with Crippen LogP contribution in [0.1, 0.15) is 12.0 Å². The van der Waals surface area contributed by atoms with E-state index in [2.05, 4.69) is 45.5 Å². The second kappa shape index (κ2) is 6.50. The first-order valence-corrected chi connectivity index (χ1v) is 6.72. The van der Waals surface area contributed by atoms with Gasteiger partial charge in [-0.05, 0) is 31.2 Å². The van der Waals surface area contributed by atoms with Gasteiger partial charge >= 0.3 is 0 Å². The van der Waals surface area contributed by atoms with Crippen molar-refractivity contribution in [2.75, 3.05) is 20.3 Å². The smallest absolute Gasteiger partial charge is 0.159 e. The molecular formula is C13H18BrNO2. The highest BCUT2D eigenvalue weighted by molar-refractivity contribution is 9.10. The molecule has 1 aliphatic heterocycles. The van der Waals surface area contributed by atoms with Crippen LogP contribution in [-0.2, 0) is 15.9 Å². The molecule has 0 saturated carbocycles. The van der Waals surface area contributed by atoms with E-state index in [4.69, 9.17) is 9.47 Å². The third kappa shape index (κ3) is 4.07. The maximum Gasteiger partial charge on any atom is 0.159 e. The molecule has 0 amide bonds. The van der Waals surface area contributed by atoms with Gasteiger partial charge < -0.3 is 14.8 Å². The number of ether oxygens (including phenoxy) is 2. The van der Waals surface area contributed by atoms with Crippen LogP contribution in [-0.4, -0.2) is 32.6 Å². The fraction of sp³-hybridized carbons (Fsp3) is 0.538. The van der Waals surface area contributed by atoms with Gasteiger partial charge in [0.25, 0.3) is 0 Å². The van der Waals surface area contributed by atoms with Crippen molar-refractivity contribution in [1.82, 2.24) is 5.32 Å². The molecule has 0 bridgehead atoms. The van der Waals surface area contributed by atoms with Crippen molar-refractivity contribution in [3.63, 3.8) is 0 Å². The van der Waals surface area contributed by atoms with Gasteiger partial charge in [-0.3, -0.25) is 0 Å². The lowest BCUT2D eigenvalue weighted by Crippen LogP contribution is -2.32. The van der Waals surface area contributed by atoms with Gasteiger partial charge in [-0.15, -0.1) is 0 Å². The Bertz CT molecular complexity index is 336. The third-order valence-corrected chi connectivity index (χ3v) is 3.50. The monoisotopic (exact) mass is 299 g/mol. The highest BCUT2D eigenvalue weighted by Crippen LogP contribution is 2.16. The van der Waals surface area contributed by atoms with Crippen LogP contribution >= 0.6 is 15.9 Å². The van der Waals surface area contributed by atoms with Gasteiger partial charge in [0.05, 0.1) is 13.2 Å². The molecule has 1 aromatic rings. The molecule has 1 aromatic carbocycles.